The Labute approximate surface area is 108 Å². The van der Waals surface area contributed by atoms with Crippen molar-refractivity contribution in [3.63, 3.8) is 0 Å². The zero-order valence-electron chi connectivity index (χ0n) is 11.5. The molecule has 0 bridgehead atoms. The molecule has 0 saturated carbocycles. The van der Waals surface area contributed by atoms with E-state index in [-0.39, 0.29) is 0 Å². The van der Waals surface area contributed by atoms with Gasteiger partial charge in [0.05, 0.1) is 6.20 Å². The molecule has 5 heteroatoms. The molecular weight excluding hydrogens is 226 g/mol. The molecule has 5 nitrogen and oxygen atoms in total. The van der Waals surface area contributed by atoms with Crippen LogP contribution < -0.4 is 5.32 Å². The highest BCUT2D eigenvalue weighted by molar-refractivity contribution is 5.36. The molecule has 0 saturated heterocycles. The second-order valence-electron chi connectivity index (χ2n) is 5.12. The van der Waals surface area contributed by atoms with Crippen LogP contribution in [0.4, 0.5) is 5.82 Å². The molecule has 0 amide bonds. The van der Waals surface area contributed by atoms with Gasteiger partial charge >= 0.3 is 0 Å². The smallest absolute Gasteiger partial charge is 0.148 e. The Balaban J connectivity index is 1.97. The molecule has 0 spiro atoms. The van der Waals surface area contributed by atoms with Gasteiger partial charge in [-0.25, -0.2) is 0 Å². The van der Waals surface area contributed by atoms with Crippen LogP contribution in [0.2, 0.25) is 0 Å². The second-order valence-corrected chi connectivity index (χ2v) is 5.12. The Hall–Kier alpha value is -1.78. The van der Waals surface area contributed by atoms with Crippen LogP contribution in [0.3, 0.4) is 0 Å². The maximum Gasteiger partial charge on any atom is 0.148 e. The van der Waals surface area contributed by atoms with E-state index in [0.29, 0.717) is 5.92 Å². The fraction of sp³-hybridized carbons (Fsp3) is 0.538. The lowest BCUT2D eigenvalue weighted by molar-refractivity contribution is 0.475. The fourth-order valence-corrected chi connectivity index (χ4v) is 1.88. The molecular formula is C13H21N5. The van der Waals surface area contributed by atoms with Gasteiger partial charge < -0.3 is 5.32 Å². The summed E-state index contributed by atoms with van der Waals surface area (Å²) in [5.74, 6) is 1.53. The zero-order chi connectivity index (χ0) is 13.1. The predicted octanol–water partition coefficient (Wildman–Crippen LogP) is 2.19. The van der Waals surface area contributed by atoms with Gasteiger partial charge in [-0.15, -0.1) is 0 Å². The third kappa shape index (κ3) is 3.12. The van der Waals surface area contributed by atoms with Crippen LogP contribution in [-0.2, 0) is 20.1 Å². The highest BCUT2D eigenvalue weighted by Gasteiger charge is 2.05. The maximum atomic E-state index is 4.55. The van der Waals surface area contributed by atoms with Crippen LogP contribution in [0.1, 0.15) is 25.1 Å². The summed E-state index contributed by atoms with van der Waals surface area (Å²) in [4.78, 5) is 0. The molecule has 0 aliphatic rings. The lowest BCUT2D eigenvalue weighted by atomic mass is 10.2. The van der Waals surface area contributed by atoms with Gasteiger partial charge in [-0.1, -0.05) is 13.8 Å². The van der Waals surface area contributed by atoms with E-state index in [0.717, 1.165) is 24.5 Å². The van der Waals surface area contributed by atoms with Crippen LogP contribution in [0.5, 0.6) is 0 Å². The van der Waals surface area contributed by atoms with Crippen LogP contribution in [0.25, 0.3) is 0 Å². The van der Waals surface area contributed by atoms with Crippen LogP contribution in [0.15, 0.2) is 18.5 Å². The minimum absolute atomic E-state index is 0.606. The van der Waals surface area contributed by atoms with Crippen molar-refractivity contribution < 1.29 is 0 Å². The fourth-order valence-electron chi connectivity index (χ4n) is 1.88. The van der Waals surface area contributed by atoms with Crippen LogP contribution in [-0.4, -0.2) is 19.6 Å². The lowest BCUT2D eigenvalue weighted by Gasteiger charge is -2.06. The molecule has 2 aromatic rings. The summed E-state index contributed by atoms with van der Waals surface area (Å²) in [6.07, 6.45) is 3.87. The summed E-state index contributed by atoms with van der Waals surface area (Å²) < 4.78 is 3.86. The Morgan fingerprint density at radius 3 is 2.78 bits per heavy atom. The Kier molecular flexibility index (Phi) is 3.69. The largest absolute Gasteiger partial charge is 0.364 e. The van der Waals surface area contributed by atoms with Crippen molar-refractivity contribution in [3.8, 4) is 0 Å². The standard InChI is InChI=1S/C13H21N5/c1-10(2)8-18-11(3)5-13(16-18)14-6-12-7-15-17(4)9-12/h5,7,9-10H,6,8H2,1-4H3,(H,14,16). The zero-order valence-corrected chi connectivity index (χ0v) is 11.5. The van der Waals surface area contributed by atoms with Gasteiger partial charge in [0.2, 0.25) is 0 Å². The number of nitrogens with one attached hydrogen (secondary N) is 1. The molecule has 1 N–H and O–H groups in total. The first-order valence-electron chi connectivity index (χ1n) is 6.30. The third-order valence-corrected chi connectivity index (χ3v) is 2.75. The molecule has 98 valence electrons. The minimum Gasteiger partial charge on any atom is -0.364 e. The maximum absolute atomic E-state index is 4.55. The van der Waals surface area contributed by atoms with E-state index < -0.39 is 0 Å². The summed E-state index contributed by atoms with van der Waals surface area (Å²) in [6.45, 7) is 8.20. The first-order valence-corrected chi connectivity index (χ1v) is 6.30. The minimum atomic E-state index is 0.606. The topological polar surface area (TPSA) is 47.7 Å². The van der Waals surface area contributed by atoms with Crippen molar-refractivity contribution in [3.05, 3.63) is 29.7 Å². The number of aromatic nitrogens is 4. The van der Waals surface area contributed by atoms with E-state index in [9.17, 15) is 0 Å². The summed E-state index contributed by atoms with van der Waals surface area (Å²) in [6, 6.07) is 2.08. The molecule has 0 atom stereocenters. The molecule has 2 heterocycles. The third-order valence-electron chi connectivity index (χ3n) is 2.75. The molecule has 18 heavy (non-hydrogen) atoms. The van der Waals surface area contributed by atoms with Gasteiger partial charge in [0.15, 0.2) is 0 Å². The van der Waals surface area contributed by atoms with Crippen molar-refractivity contribution in [1.82, 2.24) is 19.6 Å². The highest BCUT2D eigenvalue weighted by atomic mass is 15.3. The summed E-state index contributed by atoms with van der Waals surface area (Å²) in [7, 11) is 1.92. The van der Waals surface area contributed by atoms with E-state index in [1.54, 1.807) is 4.68 Å². The first-order chi connectivity index (χ1) is 8.54. The quantitative estimate of drug-likeness (QED) is 0.881. The number of aryl methyl sites for hydroxylation is 2. The molecule has 0 aromatic carbocycles. The van der Waals surface area contributed by atoms with Crippen molar-refractivity contribution in [2.24, 2.45) is 13.0 Å². The number of rotatable bonds is 5. The van der Waals surface area contributed by atoms with Crippen molar-refractivity contribution in [2.75, 3.05) is 5.32 Å². The summed E-state index contributed by atoms with van der Waals surface area (Å²) in [5, 5.41) is 12.0. The number of nitrogens with zero attached hydrogens (tertiary/aromatic N) is 4. The number of hydrogen-bond donors (Lipinski definition) is 1. The molecule has 0 radical (unpaired) electrons. The summed E-state index contributed by atoms with van der Waals surface area (Å²) >= 11 is 0. The Bertz CT molecular complexity index is 509. The molecule has 0 fully saturated rings. The molecule has 2 rings (SSSR count). The van der Waals surface area contributed by atoms with Crippen molar-refractivity contribution in [2.45, 2.75) is 33.9 Å². The molecule has 0 aliphatic heterocycles. The first kappa shape index (κ1) is 12.7. The lowest BCUT2D eigenvalue weighted by Crippen LogP contribution is -2.08. The van der Waals surface area contributed by atoms with Gasteiger partial charge in [0.25, 0.3) is 0 Å². The molecule has 0 aliphatic carbocycles. The van der Waals surface area contributed by atoms with Gasteiger partial charge in [-0.05, 0) is 12.8 Å². The van der Waals surface area contributed by atoms with Crippen molar-refractivity contribution in [1.29, 1.82) is 0 Å². The van der Waals surface area contributed by atoms with Gasteiger partial charge in [0, 0.05) is 43.7 Å². The molecule has 2 aromatic heterocycles. The Morgan fingerprint density at radius 1 is 1.39 bits per heavy atom. The normalized spacial score (nSPS) is 11.2. The Morgan fingerprint density at radius 2 is 2.17 bits per heavy atom. The highest BCUT2D eigenvalue weighted by Crippen LogP contribution is 2.11. The average Bonchev–Trinajstić information content (AvgIpc) is 2.83. The van der Waals surface area contributed by atoms with Crippen LogP contribution >= 0.6 is 0 Å². The van der Waals surface area contributed by atoms with Gasteiger partial charge in [-0.3, -0.25) is 9.36 Å². The average molecular weight is 247 g/mol. The second kappa shape index (κ2) is 5.25. The van der Waals surface area contributed by atoms with Crippen LogP contribution in [0, 0.1) is 12.8 Å². The van der Waals surface area contributed by atoms with E-state index in [4.69, 9.17) is 0 Å². The SMILES string of the molecule is Cc1cc(NCc2cnn(C)c2)nn1CC(C)C. The monoisotopic (exact) mass is 247 g/mol. The van der Waals surface area contributed by atoms with Crippen molar-refractivity contribution >= 4 is 5.82 Å². The molecule has 0 unspecified atom stereocenters. The number of hydrogen-bond acceptors (Lipinski definition) is 3. The predicted molar refractivity (Wildman–Crippen MR) is 72.3 cm³/mol. The van der Waals surface area contributed by atoms with Gasteiger partial charge in [0.1, 0.15) is 5.82 Å². The van der Waals surface area contributed by atoms with Gasteiger partial charge in [-0.2, -0.15) is 10.2 Å². The van der Waals surface area contributed by atoms with E-state index in [1.807, 2.05) is 19.4 Å². The summed E-state index contributed by atoms with van der Waals surface area (Å²) in [5.41, 5.74) is 2.35. The number of anilines is 1. The van der Waals surface area contributed by atoms with E-state index >= 15 is 0 Å². The van der Waals surface area contributed by atoms with E-state index in [2.05, 4.69) is 47.0 Å². The van der Waals surface area contributed by atoms with E-state index in [1.165, 1.54) is 5.69 Å².